The number of thioether (sulfide) groups is 1. The maximum Gasteiger partial charge on any atom is 0.342 e. The highest BCUT2D eigenvalue weighted by atomic mass is 35.5. The lowest BCUT2D eigenvalue weighted by Gasteiger charge is -2.11. The fourth-order valence-corrected chi connectivity index (χ4v) is 3.31. The molecule has 31 heavy (non-hydrogen) atoms. The van der Waals surface area contributed by atoms with E-state index in [9.17, 15) is 20.0 Å². The Labute approximate surface area is 184 Å². The molecular weight excluding hydrogens is 450 g/mol. The molecule has 0 spiro atoms. The lowest BCUT2D eigenvalue weighted by molar-refractivity contribution is -0.385. The van der Waals surface area contributed by atoms with Crippen molar-refractivity contribution in [2.75, 3.05) is 14.2 Å². The first-order chi connectivity index (χ1) is 14.8. The first-order valence-corrected chi connectivity index (χ1v) is 9.64. The molecule has 0 saturated carbocycles. The quantitative estimate of drug-likeness (QED) is 0.219. The summed E-state index contributed by atoms with van der Waals surface area (Å²) < 4.78 is 15.9. The van der Waals surface area contributed by atoms with Crippen LogP contribution in [0, 0.1) is 10.1 Å². The molecule has 1 aromatic heterocycles. The Morgan fingerprint density at radius 2 is 1.94 bits per heavy atom. The van der Waals surface area contributed by atoms with E-state index in [-0.39, 0.29) is 38.8 Å². The van der Waals surface area contributed by atoms with Gasteiger partial charge in [-0.3, -0.25) is 10.1 Å². The number of hydrogen-bond donors (Lipinski definition) is 1. The Morgan fingerprint density at radius 3 is 2.52 bits per heavy atom. The van der Waals surface area contributed by atoms with Crippen LogP contribution in [0.15, 0.2) is 50.9 Å². The Hall–Kier alpha value is -3.57. The molecule has 0 fully saturated rings. The first kappa shape index (κ1) is 22.1. The Kier molecular flexibility index (Phi) is 6.78. The van der Waals surface area contributed by atoms with E-state index >= 15 is 0 Å². The lowest BCUT2D eigenvalue weighted by Crippen LogP contribution is -2.00. The van der Waals surface area contributed by atoms with E-state index in [0.29, 0.717) is 22.3 Å². The Bertz CT molecular complexity index is 1160. The highest BCUT2D eigenvalue weighted by Gasteiger charge is 2.21. The molecule has 0 aliphatic rings. The molecule has 3 aromatic rings. The van der Waals surface area contributed by atoms with Crippen LogP contribution in [0.1, 0.15) is 5.56 Å². The van der Waals surface area contributed by atoms with Crippen LogP contribution in [-0.2, 0) is 4.79 Å². The summed E-state index contributed by atoms with van der Waals surface area (Å²) in [7, 11) is 2.66. The number of nitro benzene ring substituents is 1. The number of nitrogens with zero attached hydrogens (tertiary/aromatic N) is 3. The molecule has 0 atom stereocenters. The van der Waals surface area contributed by atoms with Gasteiger partial charge in [0, 0.05) is 22.2 Å². The van der Waals surface area contributed by atoms with Crippen LogP contribution in [0.5, 0.6) is 11.5 Å². The van der Waals surface area contributed by atoms with Crippen molar-refractivity contribution in [3.8, 4) is 23.0 Å². The van der Waals surface area contributed by atoms with Crippen molar-refractivity contribution in [1.82, 2.24) is 10.2 Å². The van der Waals surface area contributed by atoms with Gasteiger partial charge in [0.1, 0.15) is 4.91 Å². The van der Waals surface area contributed by atoms with Gasteiger partial charge in [-0.2, -0.15) is 0 Å². The van der Waals surface area contributed by atoms with E-state index in [1.54, 1.807) is 24.3 Å². The van der Waals surface area contributed by atoms with Crippen LogP contribution in [0.4, 0.5) is 5.69 Å². The number of non-ortho nitro benzene ring substituents is 1. The maximum atomic E-state index is 11.8. The van der Waals surface area contributed by atoms with Crippen molar-refractivity contribution in [3.05, 3.63) is 62.0 Å². The van der Waals surface area contributed by atoms with Crippen molar-refractivity contribution in [3.63, 3.8) is 0 Å². The molecule has 3 rings (SSSR count). The van der Waals surface area contributed by atoms with Crippen molar-refractivity contribution < 1.29 is 28.7 Å². The summed E-state index contributed by atoms with van der Waals surface area (Å²) in [6, 6.07) is 9.02. The minimum absolute atomic E-state index is 0.0324. The largest absolute Gasteiger partial charge is 0.493 e. The van der Waals surface area contributed by atoms with Crippen LogP contribution in [-0.4, -0.2) is 40.4 Å². The van der Waals surface area contributed by atoms with Gasteiger partial charge < -0.3 is 19.0 Å². The average molecular weight is 464 g/mol. The molecule has 12 heteroatoms. The smallest absolute Gasteiger partial charge is 0.342 e. The van der Waals surface area contributed by atoms with Gasteiger partial charge in [0.05, 0.1) is 25.2 Å². The molecule has 0 aliphatic heterocycles. The highest BCUT2D eigenvalue weighted by Crippen LogP contribution is 2.38. The van der Waals surface area contributed by atoms with Gasteiger partial charge in [-0.05, 0) is 42.1 Å². The zero-order valence-electron chi connectivity index (χ0n) is 16.1. The number of nitro groups is 1. The van der Waals surface area contributed by atoms with Gasteiger partial charge in [-0.15, -0.1) is 10.2 Å². The number of halogens is 1. The Balaban J connectivity index is 1.98. The van der Waals surface area contributed by atoms with Crippen LogP contribution >= 0.6 is 23.4 Å². The van der Waals surface area contributed by atoms with Gasteiger partial charge in [-0.25, -0.2) is 4.79 Å². The number of carbonyl (C=O) groups is 1. The van der Waals surface area contributed by atoms with Gasteiger partial charge in [-0.1, -0.05) is 11.6 Å². The third kappa shape index (κ3) is 5.13. The molecule has 10 nitrogen and oxygen atoms in total. The number of hydrogen-bond acceptors (Lipinski definition) is 9. The Morgan fingerprint density at radius 1 is 1.23 bits per heavy atom. The zero-order valence-corrected chi connectivity index (χ0v) is 17.6. The summed E-state index contributed by atoms with van der Waals surface area (Å²) in [5.74, 6) is -0.900. The number of carboxylic acid groups (broad SMARTS) is 1. The number of carboxylic acids is 1. The van der Waals surface area contributed by atoms with E-state index in [0.717, 1.165) is 0 Å². The zero-order chi connectivity index (χ0) is 22.5. The second-order valence-corrected chi connectivity index (χ2v) is 7.25. The summed E-state index contributed by atoms with van der Waals surface area (Å²) in [5.41, 5.74) is 0.451. The van der Waals surface area contributed by atoms with Crippen LogP contribution in [0.3, 0.4) is 0 Å². The van der Waals surface area contributed by atoms with E-state index < -0.39 is 10.9 Å². The van der Waals surface area contributed by atoms with Gasteiger partial charge in [0.15, 0.2) is 11.5 Å². The molecule has 1 heterocycles. The van der Waals surface area contributed by atoms with Crippen LogP contribution < -0.4 is 9.47 Å². The predicted octanol–water partition coefficient (Wildman–Crippen LogP) is 4.53. The monoisotopic (exact) mass is 463 g/mol. The van der Waals surface area contributed by atoms with E-state index in [2.05, 4.69) is 10.2 Å². The third-order valence-electron chi connectivity index (χ3n) is 3.90. The fourth-order valence-electron chi connectivity index (χ4n) is 2.52. The molecule has 2 aromatic carbocycles. The number of rotatable bonds is 8. The second-order valence-electron chi connectivity index (χ2n) is 5.82. The molecule has 0 saturated heterocycles. The standard InChI is InChI=1S/C19H14ClN3O7S/c1-28-14-9-13(23(26)27)7-11(16(14)29-2)8-15(18(24)25)31-19-22-21-17(30-19)10-3-5-12(20)6-4-10/h3-9H,1-2H3,(H,24,25)/b15-8+. The summed E-state index contributed by atoms with van der Waals surface area (Å²) in [5, 5.41) is 29.1. The molecule has 0 amide bonds. The molecule has 0 unspecified atom stereocenters. The number of methoxy groups -OCH3 is 2. The normalized spacial score (nSPS) is 11.3. The van der Waals surface area contributed by atoms with Gasteiger partial charge in [0.2, 0.25) is 5.89 Å². The second kappa shape index (κ2) is 9.49. The molecule has 0 bridgehead atoms. The van der Waals surface area contributed by atoms with Crippen molar-refractivity contribution >= 4 is 41.1 Å². The molecular formula is C19H14ClN3O7S. The molecule has 0 radical (unpaired) electrons. The van der Waals surface area contributed by atoms with Crippen LogP contribution in [0.25, 0.3) is 17.5 Å². The van der Waals surface area contributed by atoms with Gasteiger partial charge >= 0.3 is 5.97 Å². The van der Waals surface area contributed by atoms with Crippen molar-refractivity contribution in [2.24, 2.45) is 0 Å². The van der Waals surface area contributed by atoms with E-state index in [1.165, 1.54) is 32.4 Å². The average Bonchev–Trinajstić information content (AvgIpc) is 3.21. The number of aliphatic carboxylic acids is 1. The number of aromatic nitrogens is 2. The van der Waals surface area contributed by atoms with Crippen LogP contribution in [0.2, 0.25) is 5.02 Å². The predicted molar refractivity (Wildman–Crippen MR) is 112 cm³/mol. The summed E-state index contributed by atoms with van der Waals surface area (Å²) in [6.45, 7) is 0. The minimum Gasteiger partial charge on any atom is -0.493 e. The van der Waals surface area contributed by atoms with E-state index in [1.807, 2.05) is 0 Å². The molecule has 160 valence electrons. The highest BCUT2D eigenvalue weighted by molar-refractivity contribution is 8.03. The van der Waals surface area contributed by atoms with Crippen molar-refractivity contribution in [1.29, 1.82) is 0 Å². The molecule has 0 aliphatic carbocycles. The summed E-state index contributed by atoms with van der Waals surface area (Å²) >= 11 is 6.54. The fraction of sp³-hybridized carbons (Fsp3) is 0.105. The number of ether oxygens (including phenoxy) is 2. The molecule has 1 N–H and O–H groups in total. The topological polar surface area (TPSA) is 138 Å². The SMILES string of the molecule is COc1cc([N+](=O)[O-])cc(/C=C(/Sc2nnc(-c3ccc(Cl)cc3)o2)C(=O)O)c1OC. The summed E-state index contributed by atoms with van der Waals surface area (Å²) in [6.07, 6.45) is 1.20. The van der Waals surface area contributed by atoms with Gasteiger partial charge in [0.25, 0.3) is 10.9 Å². The maximum absolute atomic E-state index is 11.8. The number of benzene rings is 2. The van der Waals surface area contributed by atoms with Crippen molar-refractivity contribution in [2.45, 2.75) is 5.22 Å². The third-order valence-corrected chi connectivity index (χ3v) is 5.00. The summed E-state index contributed by atoms with van der Waals surface area (Å²) in [4.78, 5) is 22.2. The first-order valence-electron chi connectivity index (χ1n) is 8.45. The minimum atomic E-state index is -1.30. The van der Waals surface area contributed by atoms with E-state index in [4.69, 9.17) is 25.5 Å². The lowest BCUT2D eigenvalue weighted by atomic mass is 10.1.